The number of carboxylic acids is 1. The smallest absolute Gasteiger partial charge is 0.303 e. The molecule has 1 N–H and O–H groups in total. The molecule has 0 saturated carbocycles. The van der Waals surface area contributed by atoms with E-state index in [1.165, 1.54) is 61.9 Å². The molecule has 1 heterocycles. The molecule has 0 aliphatic carbocycles. The highest BCUT2D eigenvalue weighted by molar-refractivity contribution is 5.66. The second-order valence-electron chi connectivity index (χ2n) is 7.40. The minimum atomic E-state index is -0.669. The molecular weight excluding hydrogens is 334 g/mol. The zero-order valence-corrected chi connectivity index (χ0v) is 16.7. The summed E-state index contributed by atoms with van der Waals surface area (Å²) in [5.41, 5.74) is 4.00. The summed E-state index contributed by atoms with van der Waals surface area (Å²) < 4.78 is 2.28. The maximum Gasteiger partial charge on any atom is 0.303 e. The highest BCUT2D eigenvalue weighted by Crippen LogP contribution is 2.14. The lowest BCUT2D eigenvalue weighted by Crippen LogP contribution is -2.34. The molecule has 0 aliphatic rings. The number of aryl methyl sites for hydroxylation is 1. The predicted octanol–water partition coefficient (Wildman–Crippen LogP) is 5.80. The summed E-state index contributed by atoms with van der Waals surface area (Å²) in [7, 11) is 0. The van der Waals surface area contributed by atoms with Crippen LogP contribution in [0.15, 0.2) is 48.7 Å². The molecule has 1 aromatic carbocycles. The Bertz CT molecular complexity index is 682. The van der Waals surface area contributed by atoms with Gasteiger partial charge in [0.05, 0.1) is 0 Å². The minimum Gasteiger partial charge on any atom is -0.481 e. The van der Waals surface area contributed by atoms with Gasteiger partial charge in [-0.1, -0.05) is 63.1 Å². The molecule has 0 amide bonds. The number of carbonyl (C=O) groups is 1. The summed E-state index contributed by atoms with van der Waals surface area (Å²) in [6.45, 7) is 2.21. The van der Waals surface area contributed by atoms with E-state index in [2.05, 4.69) is 60.2 Å². The van der Waals surface area contributed by atoms with Gasteiger partial charge in [-0.25, -0.2) is 0 Å². The zero-order chi connectivity index (χ0) is 19.3. The Morgan fingerprint density at radius 1 is 0.815 bits per heavy atom. The van der Waals surface area contributed by atoms with Gasteiger partial charge in [0.2, 0.25) is 5.69 Å². The van der Waals surface area contributed by atoms with Crippen LogP contribution in [-0.2, 0) is 11.2 Å². The van der Waals surface area contributed by atoms with Crippen molar-refractivity contribution in [1.29, 1.82) is 0 Å². The largest absolute Gasteiger partial charge is 0.481 e. The number of benzene rings is 1. The van der Waals surface area contributed by atoms with Crippen molar-refractivity contribution in [3.63, 3.8) is 0 Å². The lowest BCUT2D eigenvalue weighted by Gasteiger charge is -2.06. The van der Waals surface area contributed by atoms with E-state index >= 15 is 0 Å². The average Bonchev–Trinajstić information content (AvgIpc) is 2.67. The van der Waals surface area contributed by atoms with Gasteiger partial charge in [-0.3, -0.25) is 4.79 Å². The van der Waals surface area contributed by atoms with Gasteiger partial charge in [0.15, 0.2) is 11.9 Å². The number of hydrogen-bond donors (Lipinski definition) is 1. The molecule has 3 heteroatoms. The first kappa shape index (κ1) is 21.1. The molecule has 3 nitrogen and oxygen atoms in total. The molecule has 146 valence electrons. The predicted molar refractivity (Wildman–Crippen MR) is 110 cm³/mol. The minimum absolute atomic E-state index is 0.323. The number of unbranched alkanes of at least 4 members (excludes halogenated alkanes) is 8. The fraction of sp³-hybridized carbons (Fsp3) is 0.500. The molecule has 0 spiro atoms. The van der Waals surface area contributed by atoms with Crippen LogP contribution in [0.3, 0.4) is 0 Å². The SMILES string of the molecule is Cc1c(CCCCCCCCCCCC(=O)O)ccc[n+]1-c1ccccc1. The lowest BCUT2D eigenvalue weighted by atomic mass is 10.0. The van der Waals surface area contributed by atoms with Crippen LogP contribution < -0.4 is 4.57 Å². The van der Waals surface area contributed by atoms with Crippen molar-refractivity contribution in [1.82, 2.24) is 0 Å². The second-order valence-corrected chi connectivity index (χ2v) is 7.40. The van der Waals surface area contributed by atoms with E-state index in [1.807, 2.05) is 0 Å². The second kappa shape index (κ2) is 12.3. The Hall–Kier alpha value is -2.16. The van der Waals surface area contributed by atoms with E-state index in [1.54, 1.807) is 0 Å². The van der Waals surface area contributed by atoms with Gasteiger partial charge in [-0.2, -0.15) is 4.57 Å². The van der Waals surface area contributed by atoms with E-state index in [4.69, 9.17) is 5.11 Å². The number of pyridine rings is 1. The molecule has 2 aromatic rings. The molecule has 0 unspecified atom stereocenters. The molecule has 27 heavy (non-hydrogen) atoms. The first-order chi connectivity index (χ1) is 13.2. The van der Waals surface area contributed by atoms with Crippen LogP contribution in [0.25, 0.3) is 5.69 Å². The summed E-state index contributed by atoms with van der Waals surface area (Å²) in [4.78, 5) is 10.4. The summed E-state index contributed by atoms with van der Waals surface area (Å²) in [5, 5.41) is 8.61. The highest BCUT2D eigenvalue weighted by atomic mass is 16.4. The molecule has 2 rings (SSSR count). The molecule has 0 atom stereocenters. The van der Waals surface area contributed by atoms with E-state index in [0.29, 0.717) is 6.42 Å². The Kier molecular flexibility index (Phi) is 9.61. The third kappa shape index (κ3) is 7.94. The van der Waals surface area contributed by atoms with Crippen LogP contribution in [0.4, 0.5) is 0 Å². The maximum atomic E-state index is 10.4. The van der Waals surface area contributed by atoms with Crippen molar-refractivity contribution in [2.24, 2.45) is 0 Å². The van der Waals surface area contributed by atoms with Crippen molar-refractivity contribution < 1.29 is 14.5 Å². The number of para-hydroxylation sites is 1. The van der Waals surface area contributed by atoms with Crippen molar-refractivity contribution in [3.8, 4) is 5.69 Å². The first-order valence-electron chi connectivity index (χ1n) is 10.5. The standard InChI is InChI=1S/C24H33NO2/c1-21-22(16-14-20-25(21)23-17-11-9-12-18-23)15-10-7-5-3-2-4-6-8-13-19-24(26)27/h9,11-12,14,16-18,20H,2-8,10,13,15,19H2,1H3/p+1. The van der Waals surface area contributed by atoms with Crippen molar-refractivity contribution >= 4 is 5.97 Å². The van der Waals surface area contributed by atoms with Gasteiger partial charge in [0, 0.05) is 37.1 Å². The maximum absolute atomic E-state index is 10.4. The Morgan fingerprint density at radius 3 is 2.04 bits per heavy atom. The van der Waals surface area contributed by atoms with Gasteiger partial charge < -0.3 is 5.11 Å². The summed E-state index contributed by atoms with van der Waals surface area (Å²) in [5.74, 6) is -0.669. The molecular formula is C24H34NO2+. The van der Waals surface area contributed by atoms with Crippen molar-refractivity contribution in [3.05, 3.63) is 59.9 Å². The monoisotopic (exact) mass is 368 g/mol. The van der Waals surface area contributed by atoms with Crippen LogP contribution >= 0.6 is 0 Å². The van der Waals surface area contributed by atoms with Crippen LogP contribution in [0.1, 0.15) is 75.5 Å². The summed E-state index contributed by atoms with van der Waals surface area (Å²) in [6.07, 6.45) is 14.3. The van der Waals surface area contributed by atoms with E-state index in [9.17, 15) is 4.79 Å². The molecule has 0 bridgehead atoms. The number of hydrogen-bond acceptors (Lipinski definition) is 1. The van der Waals surface area contributed by atoms with Gasteiger partial charge in [-0.15, -0.1) is 0 Å². The Morgan fingerprint density at radius 2 is 1.41 bits per heavy atom. The van der Waals surface area contributed by atoms with Crippen LogP contribution in [-0.4, -0.2) is 11.1 Å². The van der Waals surface area contributed by atoms with E-state index in [-0.39, 0.29) is 0 Å². The fourth-order valence-electron chi connectivity index (χ4n) is 3.59. The third-order valence-electron chi connectivity index (χ3n) is 5.23. The molecule has 0 saturated heterocycles. The van der Waals surface area contributed by atoms with Gasteiger partial charge in [0.25, 0.3) is 0 Å². The van der Waals surface area contributed by atoms with Crippen molar-refractivity contribution in [2.75, 3.05) is 0 Å². The van der Waals surface area contributed by atoms with Gasteiger partial charge in [-0.05, 0) is 25.3 Å². The molecule has 0 radical (unpaired) electrons. The summed E-state index contributed by atoms with van der Waals surface area (Å²) >= 11 is 0. The zero-order valence-electron chi connectivity index (χ0n) is 16.7. The number of aromatic nitrogens is 1. The third-order valence-corrected chi connectivity index (χ3v) is 5.23. The average molecular weight is 369 g/mol. The van der Waals surface area contributed by atoms with E-state index in [0.717, 1.165) is 19.3 Å². The number of rotatable bonds is 13. The van der Waals surface area contributed by atoms with Crippen LogP contribution in [0.5, 0.6) is 0 Å². The first-order valence-corrected chi connectivity index (χ1v) is 10.5. The van der Waals surface area contributed by atoms with Gasteiger partial charge in [0.1, 0.15) is 0 Å². The number of carboxylic acid groups (broad SMARTS) is 1. The Balaban J connectivity index is 1.60. The van der Waals surface area contributed by atoms with Crippen LogP contribution in [0.2, 0.25) is 0 Å². The van der Waals surface area contributed by atoms with E-state index < -0.39 is 5.97 Å². The Labute approximate surface area is 164 Å². The topological polar surface area (TPSA) is 41.2 Å². The number of aliphatic carboxylic acids is 1. The molecule has 1 aromatic heterocycles. The lowest BCUT2D eigenvalue weighted by molar-refractivity contribution is -0.603. The highest BCUT2D eigenvalue weighted by Gasteiger charge is 2.13. The molecule has 0 fully saturated rings. The normalized spacial score (nSPS) is 10.9. The van der Waals surface area contributed by atoms with Crippen LogP contribution in [0, 0.1) is 6.92 Å². The number of nitrogens with zero attached hydrogens (tertiary/aromatic N) is 1. The molecule has 0 aliphatic heterocycles. The van der Waals surface area contributed by atoms with Gasteiger partial charge >= 0.3 is 5.97 Å². The quantitative estimate of drug-likeness (QED) is 0.358. The summed E-state index contributed by atoms with van der Waals surface area (Å²) in [6, 6.07) is 14.9. The van der Waals surface area contributed by atoms with Crippen molar-refractivity contribution in [2.45, 2.75) is 77.6 Å². The fourth-order valence-corrected chi connectivity index (χ4v) is 3.59.